The van der Waals surface area contributed by atoms with E-state index in [1.54, 1.807) is 0 Å². The van der Waals surface area contributed by atoms with Gasteiger partial charge >= 0.3 is 0 Å². The van der Waals surface area contributed by atoms with Crippen LogP contribution in [0, 0.1) is 5.41 Å². The Morgan fingerprint density at radius 1 is 1.55 bits per heavy atom. The molecule has 11 heavy (non-hydrogen) atoms. The molecule has 0 fully saturated rings. The van der Waals surface area contributed by atoms with Crippen molar-refractivity contribution in [2.45, 2.75) is 45.4 Å². The molecule has 0 radical (unpaired) electrons. The third kappa shape index (κ3) is 6.61. The third-order valence-electron chi connectivity index (χ3n) is 1.61. The van der Waals surface area contributed by atoms with Crippen LogP contribution in [-0.4, -0.2) is 4.83 Å². The molecule has 0 spiro atoms. The van der Waals surface area contributed by atoms with Crippen LogP contribution in [-0.2, 0) is 0 Å². The summed E-state index contributed by atoms with van der Waals surface area (Å²) in [6, 6.07) is 0. The molecule has 0 amide bonds. The summed E-state index contributed by atoms with van der Waals surface area (Å²) in [6.07, 6.45) is 2.34. The molecule has 0 aromatic carbocycles. The van der Waals surface area contributed by atoms with E-state index in [1.807, 2.05) is 0 Å². The van der Waals surface area contributed by atoms with Gasteiger partial charge in [0.1, 0.15) is 0 Å². The van der Waals surface area contributed by atoms with Crippen LogP contribution in [0.15, 0.2) is 12.2 Å². The molecule has 1 heteroatoms. The lowest BCUT2D eigenvalue weighted by Crippen LogP contribution is -2.15. The van der Waals surface area contributed by atoms with Crippen LogP contribution in [0.3, 0.4) is 0 Å². The quantitative estimate of drug-likeness (QED) is 0.492. The minimum absolute atomic E-state index is 0.398. The number of allylic oxidation sites excluding steroid dienone is 1. The first kappa shape index (κ1) is 11.2. The van der Waals surface area contributed by atoms with Crippen molar-refractivity contribution >= 4 is 15.9 Å². The van der Waals surface area contributed by atoms with Gasteiger partial charge in [-0.2, -0.15) is 0 Å². The van der Waals surface area contributed by atoms with Crippen molar-refractivity contribution in [2.75, 3.05) is 0 Å². The molecule has 0 aliphatic rings. The Morgan fingerprint density at radius 3 is 2.27 bits per heavy atom. The monoisotopic (exact) mass is 218 g/mol. The minimum atomic E-state index is 0.398. The zero-order chi connectivity index (χ0) is 9.07. The summed E-state index contributed by atoms with van der Waals surface area (Å²) < 4.78 is 0. The predicted octanol–water partition coefficient (Wildman–Crippen LogP) is 4.15. The number of halogens is 1. The highest BCUT2D eigenvalue weighted by atomic mass is 79.9. The molecular formula is C10H19Br. The van der Waals surface area contributed by atoms with Gasteiger partial charge in [-0.3, -0.25) is 0 Å². The fraction of sp³-hybridized carbons (Fsp3) is 0.800. The zero-order valence-corrected chi connectivity index (χ0v) is 9.66. The van der Waals surface area contributed by atoms with Gasteiger partial charge in [-0.15, -0.1) is 6.58 Å². The van der Waals surface area contributed by atoms with Gasteiger partial charge in [0, 0.05) is 4.83 Å². The number of rotatable bonds is 4. The smallest absolute Gasteiger partial charge is 0.0122 e. The minimum Gasteiger partial charge on any atom is -0.100 e. The van der Waals surface area contributed by atoms with Crippen molar-refractivity contribution in [2.24, 2.45) is 5.41 Å². The first-order valence-electron chi connectivity index (χ1n) is 4.12. The van der Waals surface area contributed by atoms with Crippen LogP contribution >= 0.6 is 15.9 Å². The van der Waals surface area contributed by atoms with Crippen molar-refractivity contribution in [3.05, 3.63) is 12.2 Å². The second-order valence-corrected chi connectivity index (χ2v) is 5.85. The average Bonchev–Trinajstić information content (AvgIpc) is 1.53. The van der Waals surface area contributed by atoms with Crippen LogP contribution in [0.2, 0.25) is 0 Å². The highest BCUT2D eigenvalue weighted by Gasteiger charge is 2.19. The highest BCUT2D eigenvalue weighted by molar-refractivity contribution is 9.09. The maximum Gasteiger partial charge on any atom is 0.0122 e. The van der Waals surface area contributed by atoms with Gasteiger partial charge in [0.05, 0.1) is 0 Å². The standard InChI is InChI=1S/C10H19Br/c1-8(2)6-10(4,5)7-9(3)11/h9H,1,6-7H2,2-5H3. The predicted molar refractivity (Wildman–Crippen MR) is 56.2 cm³/mol. The van der Waals surface area contributed by atoms with E-state index in [-0.39, 0.29) is 0 Å². The maximum atomic E-state index is 3.93. The van der Waals surface area contributed by atoms with Crippen molar-refractivity contribution < 1.29 is 0 Å². The lowest BCUT2D eigenvalue weighted by atomic mass is 9.82. The molecule has 0 bridgehead atoms. The van der Waals surface area contributed by atoms with Gasteiger partial charge in [0.15, 0.2) is 0 Å². The molecule has 0 rings (SSSR count). The van der Waals surface area contributed by atoms with Gasteiger partial charge < -0.3 is 0 Å². The van der Waals surface area contributed by atoms with E-state index >= 15 is 0 Å². The van der Waals surface area contributed by atoms with Crippen LogP contribution < -0.4 is 0 Å². The van der Waals surface area contributed by atoms with E-state index in [2.05, 4.69) is 50.2 Å². The van der Waals surface area contributed by atoms with E-state index in [9.17, 15) is 0 Å². The van der Waals surface area contributed by atoms with Crippen LogP contribution in [0.25, 0.3) is 0 Å². The average molecular weight is 219 g/mol. The molecule has 0 aliphatic carbocycles. The van der Waals surface area contributed by atoms with Crippen LogP contribution in [0.5, 0.6) is 0 Å². The lowest BCUT2D eigenvalue weighted by molar-refractivity contribution is 0.334. The zero-order valence-electron chi connectivity index (χ0n) is 8.08. The summed E-state index contributed by atoms with van der Waals surface area (Å²) in [5.41, 5.74) is 1.68. The molecule has 0 aromatic heterocycles. The second kappa shape index (κ2) is 4.30. The van der Waals surface area contributed by atoms with Gasteiger partial charge in [-0.05, 0) is 25.2 Å². The summed E-state index contributed by atoms with van der Waals surface area (Å²) >= 11 is 3.57. The summed E-state index contributed by atoms with van der Waals surface area (Å²) in [5, 5.41) is 0. The molecule has 0 nitrogen and oxygen atoms in total. The Balaban J connectivity index is 3.89. The van der Waals surface area contributed by atoms with Crippen molar-refractivity contribution in [1.82, 2.24) is 0 Å². The first-order valence-corrected chi connectivity index (χ1v) is 5.03. The number of hydrogen-bond acceptors (Lipinski definition) is 0. The van der Waals surface area contributed by atoms with Crippen LogP contribution in [0.1, 0.15) is 40.5 Å². The first-order chi connectivity index (χ1) is 4.83. The van der Waals surface area contributed by atoms with E-state index in [4.69, 9.17) is 0 Å². The Morgan fingerprint density at radius 2 is 2.00 bits per heavy atom. The van der Waals surface area contributed by atoms with E-state index in [1.165, 1.54) is 12.0 Å². The van der Waals surface area contributed by atoms with Crippen molar-refractivity contribution in [3.63, 3.8) is 0 Å². The summed E-state index contributed by atoms with van der Waals surface area (Å²) in [5.74, 6) is 0. The summed E-state index contributed by atoms with van der Waals surface area (Å²) in [4.78, 5) is 0.608. The molecule has 0 saturated carbocycles. The van der Waals surface area contributed by atoms with E-state index < -0.39 is 0 Å². The molecular weight excluding hydrogens is 200 g/mol. The van der Waals surface area contributed by atoms with Crippen molar-refractivity contribution in [3.8, 4) is 0 Å². The van der Waals surface area contributed by atoms with E-state index in [0.29, 0.717) is 10.2 Å². The Kier molecular flexibility index (Phi) is 4.38. The lowest BCUT2D eigenvalue weighted by Gasteiger charge is -2.26. The largest absolute Gasteiger partial charge is 0.100 e. The van der Waals surface area contributed by atoms with Gasteiger partial charge in [0.25, 0.3) is 0 Å². The second-order valence-electron chi connectivity index (χ2n) is 4.28. The number of alkyl halides is 1. The topological polar surface area (TPSA) is 0 Å². The Hall–Kier alpha value is 0.220. The summed E-state index contributed by atoms with van der Waals surface area (Å²) in [7, 11) is 0. The van der Waals surface area contributed by atoms with Gasteiger partial charge in [-0.25, -0.2) is 0 Å². The summed E-state index contributed by atoms with van der Waals surface area (Å²) in [6.45, 7) is 12.8. The molecule has 0 aliphatic heterocycles. The van der Waals surface area contributed by atoms with E-state index in [0.717, 1.165) is 6.42 Å². The Bertz CT molecular complexity index is 134. The number of hydrogen-bond donors (Lipinski definition) is 0. The molecule has 0 heterocycles. The van der Waals surface area contributed by atoms with Gasteiger partial charge in [0.2, 0.25) is 0 Å². The molecule has 0 aromatic rings. The highest BCUT2D eigenvalue weighted by Crippen LogP contribution is 2.31. The SMILES string of the molecule is C=C(C)CC(C)(C)CC(C)Br. The molecule has 0 N–H and O–H groups in total. The van der Waals surface area contributed by atoms with Gasteiger partial charge in [-0.1, -0.05) is 42.3 Å². The fourth-order valence-electron chi connectivity index (χ4n) is 1.65. The fourth-order valence-corrected chi connectivity index (χ4v) is 2.53. The molecule has 1 unspecified atom stereocenters. The Labute approximate surface area is 79.2 Å². The third-order valence-corrected chi connectivity index (χ3v) is 1.94. The molecule has 0 saturated heterocycles. The maximum absolute atomic E-state index is 3.93. The molecule has 66 valence electrons. The van der Waals surface area contributed by atoms with Crippen molar-refractivity contribution in [1.29, 1.82) is 0 Å². The normalized spacial score (nSPS) is 14.6. The molecule has 1 atom stereocenters. The van der Waals surface area contributed by atoms with Crippen LogP contribution in [0.4, 0.5) is 0 Å².